The molecule has 0 aliphatic carbocycles. The lowest BCUT2D eigenvalue weighted by Gasteiger charge is -2.29. The molecule has 0 radical (unpaired) electrons. The summed E-state index contributed by atoms with van der Waals surface area (Å²) < 4.78 is 99.4. The Morgan fingerprint density at radius 1 is 1.03 bits per heavy atom. The first kappa shape index (κ1) is 23.3. The summed E-state index contributed by atoms with van der Waals surface area (Å²) in [5, 5.41) is 0. The van der Waals surface area contributed by atoms with Crippen LogP contribution in [-0.2, 0) is 4.74 Å². The van der Waals surface area contributed by atoms with E-state index in [9.17, 15) is 30.7 Å². The third-order valence-corrected chi connectivity index (χ3v) is 5.31. The van der Waals surface area contributed by atoms with Crippen molar-refractivity contribution in [3.8, 4) is 11.1 Å². The third-order valence-electron chi connectivity index (χ3n) is 5.31. The topological polar surface area (TPSA) is 9.23 Å². The molecule has 0 amide bonds. The highest BCUT2D eigenvalue weighted by molar-refractivity contribution is 5.69. The molecule has 31 heavy (non-hydrogen) atoms. The lowest BCUT2D eigenvalue weighted by atomic mass is 9.91. The van der Waals surface area contributed by atoms with Gasteiger partial charge in [-0.05, 0) is 54.5 Å². The zero-order valence-electron chi connectivity index (χ0n) is 16.7. The van der Waals surface area contributed by atoms with Gasteiger partial charge in [-0.1, -0.05) is 25.5 Å². The molecule has 1 fully saturated rings. The molecule has 2 atom stereocenters. The Morgan fingerprint density at radius 3 is 2.23 bits per heavy atom. The Bertz CT molecular complexity index is 934. The van der Waals surface area contributed by atoms with Crippen LogP contribution in [0.4, 0.5) is 30.7 Å². The predicted molar refractivity (Wildman–Crippen MR) is 103 cm³/mol. The largest absolute Gasteiger partial charge is 0.412 e. The Kier molecular flexibility index (Phi) is 7.09. The molecule has 1 saturated heterocycles. The zero-order valence-corrected chi connectivity index (χ0v) is 16.7. The molecule has 0 aromatic heterocycles. The number of hydrogen-bond acceptors (Lipinski definition) is 1. The second-order valence-electron chi connectivity index (χ2n) is 7.64. The predicted octanol–water partition coefficient (Wildman–Crippen LogP) is 7.91. The highest BCUT2D eigenvalue weighted by atomic mass is 19.4. The second kappa shape index (κ2) is 9.42. The number of hydrogen-bond donors (Lipinski definition) is 0. The fourth-order valence-electron chi connectivity index (χ4n) is 3.84. The molecule has 3 rings (SSSR count). The van der Waals surface area contributed by atoms with Gasteiger partial charge >= 0.3 is 6.18 Å². The summed E-state index contributed by atoms with van der Waals surface area (Å²) in [4.78, 5) is 0. The Balaban J connectivity index is 1.85. The average molecular weight is 446 g/mol. The molecule has 1 nitrogen and oxygen atoms in total. The number of rotatable bonds is 5. The van der Waals surface area contributed by atoms with Crippen molar-refractivity contribution in [2.75, 3.05) is 6.61 Å². The summed E-state index contributed by atoms with van der Waals surface area (Å²) in [7, 11) is 0. The van der Waals surface area contributed by atoms with Crippen molar-refractivity contribution in [1.82, 2.24) is 0 Å². The molecule has 2 unspecified atom stereocenters. The highest BCUT2D eigenvalue weighted by Gasteiger charge is 2.28. The van der Waals surface area contributed by atoms with Crippen LogP contribution in [0.2, 0.25) is 0 Å². The maximum absolute atomic E-state index is 14.7. The fourth-order valence-corrected chi connectivity index (χ4v) is 3.84. The van der Waals surface area contributed by atoms with E-state index in [0.29, 0.717) is 30.2 Å². The first-order valence-corrected chi connectivity index (χ1v) is 9.95. The second-order valence-corrected chi connectivity index (χ2v) is 7.64. The molecule has 168 valence electrons. The summed E-state index contributed by atoms with van der Waals surface area (Å²) in [6.45, 7) is 2.68. The number of alkyl halides is 3. The van der Waals surface area contributed by atoms with Gasteiger partial charge in [-0.15, -0.1) is 0 Å². The van der Waals surface area contributed by atoms with E-state index in [1.54, 1.807) is 6.07 Å². The number of ether oxygens (including phenoxy) is 1. The van der Waals surface area contributed by atoms with Crippen LogP contribution < -0.4 is 0 Å². The van der Waals surface area contributed by atoms with Gasteiger partial charge < -0.3 is 4.74 Å². The third kappa shape index (κ3) is 5.67. The van der Waals surface area contributed by atoms with Crippen LogP contribution >= 0.6 is 0 Å². The Labute approximate surface area is 175 Å². The van der Waals surface area contributed by atoms with E-state index in [4.69, 9.17) is 4.74 Å². The van der Waals surface area contributed by atoms with E-state index in [1.807, 2.05) is 0 Å². The minimum Gasteiger partial charge on any atom is -0.373 e. The maximum atomic E-state index is 14.7. The van der Waals surface area contributed by atoms with Crippen LogP contribution in [0, 0.1) is 23.4 Å². The first-order chi connectivity index (χ1) is 14.6. The van der Waals surface area contributed by atoms with Crippen LogP contribution in [0.5, 0.6) is 0 Å². The molecule has 0 saturated carbocycles. The summed E-state index contributed by atoms with van der Waals surface area (Å²) in [5.74, 6) is -5.51. The van der Waals surface area contributed by atoms with E-state index < -0.39 is 41.1 Å². The van der Waals surface area contributed by atoms with Crippen LogP contribution in [0.15, 0.2) is 36.4 Å². The molecule has 8 heteroatoms. The van der Waals surface area contributed by atoms with Gasteiger partial charge in [0.05, 0.1) is 24.4 Å². The van der Waals surface area contributed by atoms with Crippen molar-refractivity contribution in [2.24, 2.45) is 5.92 Å². The van der Waals surface area contributed by atoms with Gasteiger partial charge in [0.25, 0.3) is 0 Å². The van der Waals surface area contributed by atoms with Crippen molar-refractivity contribution in [2.45, 2.75) is 44.9 Å². The standard InChI is InChI=1S/C23H21F7O/c1-2-3-13-4-7-21(31-12-13)14-5-6-16(17(24)8-14)15-9-18(25)22(19(26)10-15)20(27)11-23(28,29)30/h5-6,8-11,13,21H,2-4,7,12H2,1H3. The van der Waals surface area contributed by atoms with Gasteiger partial charge in [-0.25, -0.2) is 17.6 Å². The molecular weight excluding hydrogens is 425 g/mol. The number of allylic oxidation sites excluding steroid dienone is 1. The quantitative estimate of drug-likeness (QED) is 0.424. The lowest BCUT2D eigenvalue weighted by molar-refractivity contribution is -0.0798. The monoisotopic (exact) mass is 446 g/mol. The van der Waals surface area contributed by atoms with Crippen LogP contribution in [0.3, 0.4) is 0 Å². The van der Waals surface area contributed by atoms with Gasteiger partial charge in [-0.2, -0.15) is 13.2 Å². The summed E-state index contributed by atoms with van der Waals surface area (Å²) in [5.41, 5.74) is -1.27. The molecule has 2 aromatic carbocycles. The van der Waals surface area contributed by atoms with Crippen molar-refractivity contribution in [3.63, 3.8) is 0 Å². The lowest BCUT2D eigenvalue weighted by Crippen LogP contribution is -2.20. The normalized spacial score (nSPS) is 20.2. The number of benzene rings is 2. The van der Waals surface area contributed by atoms with Gasteiger partial charge in [0, 0.05) is 5.56 Å². The average Bonchev–Trinajstić information content (AvgIpc) is 2.66. The Hall–Kier alpha value is -2.35. The maximum Gasteiger partial charge on any atom is 0.412 e. The van der Waals surface area contributed by atoms with Crippen LogP contribution in [0.1, 0.15) is 49.8 Å². The van der Waals surface area contributed by atoms with Gasteiger partial charge in [0.15, 0.2) is 0 Å². The molecule has 1 aliphatic heterocycles. The summed E-state index contributed by atoms with van der Waals surface area (Å²) in [6, 6.07) is 5.33. The molecular formula is C23H21F7O. The highest BCUT2D eigenvalue weighted by Crippen LogP contribution is 2.36. The molecule has 1 heterocycles. The van der Waals surface area contributed by atoms with Gasteiger partial charge in [0.2, 0.25) is 0 Å². The molecule has 0 spiro atoms. The SMILES string of the molecule is CCCC1CCC(c2ccc(-c3cc(F)c(C(F)=CC(F)(F)F)c(F)c3)c(F)c2)OC1. The summed E-state index contributed by atoms with van der Waals surface area (Å²) >= 11 is 0. The molecule has 0 N–H and O–H groups in total. The summed E-state index contributed by atoms with van der Waals surface area (Å²) in [6.07, 6.45) is -2.40. The van der Waals surface area contributed by atoms with Crippen molar-refractivity contribution in [1.29, 1.82) is 0 Å². The molecule has 0 bridgehead atoms. The van der Waals surface area contributed by atoms with Crippen LogP contribution in [-0.4, -0.2) is 12.8 Å². The smallest absolute Gasteiger partial charge is 0.373 e. The molecule has 2 aromatic rings. The van der Waals surface area contributed by atoms with Crippen molar-refractivity contribution < 1.29 is 35.5 Å². The van der Waals surface area contributed by atoms with Crippen molar-refractivity contribution in [3.05, 3.63) is 65.0 Å². The van der Waals surface area contributed by atoms with E-state index in [1.165, 1.54) is 12.1 Å². The first-order valence-electron chi connectivity index (χ1n) is 9.95. The van der Waals surface area contributed by atoms with Gasteiger partial charge in [0.1, 0.15) is 23.3 Å². The zero-order chi connectivity index (χ0) is 22.8. The van der Waals surface area contributed by atoms with E-state index in [2.05, 4.69) is 6.92 Å². The van der Waals surface area contributed by atoms with E-state index >= 15 is 0 Å². The van der Waals surface area contributed by atoms with Gasteiger partial charge in [-0.3, -0.25) is 0 Å². The minimum absolute atomic E-state index is 0.159. The van der Waals surface area contributed by atoms with E-state index in [-0.39, 0.29) is 17.2 Å². The van der Waals surface area contributed by atoms with E-state index in [0.717, 1.165) is 25.7 Å². The van der Waals surface area contributed by atoms with Crippen molar-refractivity contribution >= 4 is 5.83 Å². The minimum atomic E-state index is -5.08. The van der Waals surface area contributed by atoms with Crippen LogP contribution in [0.25, 0.3) is 17.0 Å². The Morgan fingerprint density at radius 2 is 1.71 bits per heavy atom. The molecule has 1 aliphatic rings. The fraction of sp³-hybridized carbons (Fsp3) is 0.391. The number of halogens is 7.